The highest BCUT2D eigenvalue weighted by Crippen LogP contribution is 2.30. The molecule has 0 aromatic heterocycles. The van der Waals surface area contributed by atoms with E-state index in [0.29, 0.717) is 11.3 Å². The highest BCUT2D eigenvalue weighted by atomic mass is 16.5. The number of hydrogen-bond acceptors (Lipinski definition) is 3. The first kappa shape index (κ1) is 15.8. The number of hydrogen-bond donors (Lipinski definition) is 1. The van der Waals surface area contributed by atoms with Crippen LogP contribution >= 0.6 is 0 Å². The van der Waals surface area contributed by atoms with E-state index in [4.69, 9.17) is 4.74 Å². The fraction of sp³-hybridized carbons (Fsp3) is 0.0952. The molecule has 120 valence electrons. The van der Waals surface area contributed by atoms with Crippen LogP contribution in [0.4, 0.5) is 0 Å². The van der Waals surface area contributed by atoms with Gasteiger partial charge in [-0.2, -0.15) is 0 Å². The third-order valence-corrected chi connectivity index (χ3v) is 3.95. The lowest BCUT2D eigenvalue weighted by atomic mass is 9.92. The van der Waals surface area contributed by atoms with Gasteiger partial charge >= 0.3 is 0 Å². The molecule has 0 aliphatic rings. The third kappa shape index (κ3) is 3.01. The van der Waals surface area contributed by atoms with Crippen molar-refractivity contribution in [3.05, 3.63) is 83.4 Å². The van der Waals surface area contributed by atoms with Gasteiger partial charge in [-0.1, -0.05) is 54.1 Å². The van der Waals surface area contributed by atoms with Gasteiger partial charge in [0.1, 0.15) is 11.5 Å². The largest absolute Gasteiger partial charge is 0.507 e. The maximum absolute atomic E-state index is 13.0. The molecular weight excluding hydrogens is 300 g/mol. The summed E-state index contributed by atoms with van der Waals surface area (Å²) in [5.41, 5.74) is 3.72. The molecule has 0 aliphatic heterocycles. The highest BCUT2D eigenvalue weighted by Gasteiger charge is 2.18. The summed E-state index contributed by atoms with van der Waals surface area (Å²) in [4.78, 5) is 13.0. The molecule has 0 heterocycles. The maximum atomic E-state index is 13.0. The van der Waals surface area contributed by atoms with E-state index in [0.717, 1.165) is 16.7 Å². The molecule has 3 aromatic rings. The minimum absolute atomic E-state index is 0.0843. The van der Waals surface area contributed by atoms with Gasteiger partial charge in [0.15, 0.2) is 5.78 Å². The van der Waals surface area contributed by atoms with E-state index in [1.165, 1.54) is 13.2 Å². The molecule has 0 saturated carbocycles. The Bertz CT molecular complexity index is 883. The van der Waals surface area contributed by atoms with Crippen molar-refractivity contribution in [2.45, 2.75) is 6.92 Å². The number of benzene rings is 3. The Balaban J connectivity index is 2.11. The van der Waals surface area contributed by atoms with Gasteiger partial charge in [0.25, 0.3) is 0 Å². The van der Waals surface area contributed by atoms with E-state index in [1.807, 2.05) is 55.5 Å². The summed E-state index contributed by atoms with van der Waals surface area (Å²) in [7, 11) is 1.52. The summed E-state index contributed by atoms with van der Waals surface area (Å²) in [5, 5.41) is 10.2. The Morgan fingerprint density at radius 3 is 2.29 bits per heavy atom. The summed E-state index contributed by atoms with van der Waals surface area (Å²) in [6.45, 7) is 1.99. The van der Waals surface area contributed by atoms with Crippen molar-refractivity contribution in [1.82, 2.24) is 0 Å². The smallest absolute Gasteiger partial charge is 0.197 e. The number of rotatable bonds is 4. The minimum atomic E-state index is -0.214. The molecule has 0 radical (unpaired) electrons. The monoisotopic (exact) mass is 318 g/mol. The van der Waals surface area contributed by atoms with Crippen molar-refractivity contribution in [3.8, 4) is 22.6 Å². The lowest BCUT2D eigenvalue weighted by Crippen LogP contribution is -2.04. The molecule has 0 fully saturated rings. The first-order valence-corrected chi connectivity index (χ1v) is 7.68. The van der Waals surface area contributed by atoms with E-state index < -0.39 is 0 Å². The van der Waals surface area contributed by atoms with Gasteiger partial charge in [-0.3, -0.25) is 4.79 Å². The normalized spacial score (nSPS) is 10.4. The zero-order valence-electron chi connectivity index (χ0n) is 13.6. The molecule has 3 rings (SSSR count). The van der Waals surface area contributed by atoms with Crippen molar-refractivity contribution < 1.29 is 14.6 Å². The fourth-order valence-corrected chi connectivity index (χ4v) is 2.69. The van der Waals surface area contributed by atoms with Crippen LogP contribution < -0.4 is 4.74 Å². The zero-order chi connectivity index (χ0) is 17.1. The molecule has 3 heteroatoms. The molecule has 0 unspecified atom stereocenters. The number of ether oxygens (including phenoxy) is 1. The lowest BCUT2D eigenvalue weighted by molar-refractivity contribution is 0.103. The Kier molecular flexibility index (Phi) is 4.34. The SMILES string of the molecule is COc1ccc(C(=O)c2ccc(C)cc2-c2ccccc2)c(O)c1. The minimum Gasteiger partial charge on any atom is -0.507 e. The van der Waals surface area contributed by atoms with Crippen molar-refractivity contribution >= 4 is 5.78 Å². The third-order valence-electron chi connectivity index (χ3n) is 3.95. The fourth-order valence-electron chi connectivity index (χ4n) is 2.69. The number of phenols is 1. The van der Waals surface area contributed by atoms with E-state index in [-0.39, 0.29) is 17.1 Å². The number of carbonyl (C=O) groups excluding carboxylic acids is 1. The second-order valence-electron chi connectivity index (χ2n) is 5.63. The van der Waals surface area contributed by atoms with Crippen LogP contribution in [0.3, 0.4) is 0 Å². The average molecular weight is 318 g/mol. The number of methoxy groups -OCH3 is 1. The number of phenolic OH excluding ortho intramolecular Hbond substituents is 1. The van der Waals surface area contributed by atoms with E-state index in [1.54, 1.807) is 12.1 Å². The molecule has 24 heavy (non-hydrogen) atoms. The van der Waals surface area contributed by atoms with Gasteiger partial charge in [-0.15, -0.1) is 0 Å². The van der Waals surface area contributed by atoms with E-state index >= 15 is 0 Å². The first-order chi connectivity index (χ1) is 11.6. The van der Waals surface area contributed by atoms with Gasteiger partial charge < -0.3 is 9.84 Å². The summed E-state index contributed by atoms with van der Waals surface area (Å²) >= 11 is 0. The van der Waals surface area contributed by atoms with Crippen LogP contribution in [0.25, 0.3) is 11.1 Å². The van der Waals surface area contributed by atoms with Crippen LogP contribution in [-0.2, 0) is 0 Å². The Labute approximate surface area is 141 Å². The first-order valence-electron chi connectivity index (χ1n) is 7.68. The number of ketones is 1. The zero-order valence-corrected chi connectivity index (χ0v) is 13.6. The van der Waals surface area contributed by atoms with Gasteiger partial charge in [0, 0.05) is 11.6 Å². The Hall–Kier alpha value is -3.07. The summed E-state index contributed by atoms with van der Waals surface area (Å²) in [6, 6.07) is 20.2. The molecule has 0 saturated heterocycles. The van der Waals surface area contributed by atoms with Gasteiger partial charge in [0.2, 0.25) is 0 Å². The lowest BCUT2D eigenvalue weighted by Gasteiger charge is -2.12. The topological polar surface area (TPSA) is 46.5 Å². The molecule has 3 aromatic carbocycles. The molecule has 3 nitrogen and oxygen atoms in total. The second kappa shape index (κ2) is 6.59. The summed E-state index contributed by atoms with van der Waals surface area (Å²) < 4.78 is 5.07. The van der Waals surface area contributed by atoms with Crippen LogP contribution in [0.2, 0.25) is 0 Å². The molecule has 0 aliphatic carbocycles. The summed E-state index contributed by atoms with van der Waals surface area (Å²) in [6.07, 6.45) is 0. The van der Waals surface area contributed by atoms with Crippen LogP contribution in [-0.4, -0.2) is 18.0 Å². The van der Waals surface area contributed by atoms with Crippen molar-refractivity contribution in [1.29, 1.82) is 0 Å². The predicted molar refractivity (Wildman–Crippen MR) is 94.7 cm³/mol. The van der Waals surface area contributed by atoms with Crippen LogP contribution in [0.1, 0.15) is 21.5 Å². The molecule has 0 amide bonds. The Morgan fingerprint density at radius 2 is 1.62 bits per heavy atom. The van der Waals surface area contributed by atoms with Crippen LogP contribution in [0.5, 0.6) is 11.5 Å². The average Bonchev–Trinajstić information content (AvgIpc) is 2.61. The quantitative estimate of drug-likeness (QED) is 0.715. The second-order valence-corrected chi connectivity index (χ2v) is 5.63. The standard InChI is InChI=1S/C21H18O3/c1-14-8-10-17(19(12-14)15-6-4-3-5-7-15)21(23)18-11-9-16(24-2)13-20(18)22/h3-13,22H,1-2H3. The maximum Gasteiger partial charge on any atom is 0.197 e. The summed E-state index contributed by atoms with van der Waals surface area (Å²) in [5.74, 6) is 0.212. The van der Waals surface area contributed by atoms with Gasteiger partial charge in [-0.25, -0.2) is 0 Å². The van der Waals surface area contributed by atoms with Crippen LogP contribution in [0.15, 0.2) is 66.7 Å². The number of aryl methyl sites for hydroxylation is 1. The molecule has 0 atom stereocenters. The van der Waals surface area contributed by atoms with Gasteiger partial charge in [-0.05, 0) is 30.2 Å². The molecule has 0 bridgehead atoms. The van der Waals surface area contributed by atoms with Crippen molar-refractivity contribution in [2.24, 2.45) is 0 Å². The number of aromatic hydroxyl groups is 1. The van der Waals surface area contributed by atoms with Gasteiger partial charge in [0.05, 0.1) is 12.7 Å². The highest BCUT2D eigenvalue weighted by molar-refractivity contribution is 6.14. The Morgan fingerprint density at radius 1 is 0.917 bits per heavy atom. The van der Waals surface area contributed by atoms with E-state index in [2.05, 4.69) is 0 Å². The molecular formula is C21H18O3. The number of carbonyl (C=O) groups is 1. The van der Waals surface area contributed by atoms with Crippen LogP contribution in [0, 0.1) is 6.92 Å². The van der Waals surface area contributed by atoms with Crippen molar-refractivity contribution in [3.63, 3.8) is 0 Å². The van der Waals surface area contributed by atoms with Crippen molar-refractivity contribution in [2.75, 3.05) is 7.11 Å². The molecule has 1 N–H and O–H groups in total. The molecule has 0 spiro atoms. The van der Waals surface area contributed by atoms with E-state index in [9.17, 15) is 9.90 Å². The predicted octanol–water partition coefficient (Wildman–Crippen LogP) is 4.61.